The fourth-order valence-corrected chi connectivity index (χ4v) is 1.92. The van der Waals surface area contributed by atoms with Crippen molar-refractivity contribution in [1.82, 2.24) is 19.9 Å². The molecule has 0 saturated carbocycles. The maximum Gasteiger partial charge on any atom is 0.238 e. The monoisotopic (exact) mass is 347 g/mol. The maximum absolute atomic E-state index is 12.1. The first-order chi connectivity index (χ1) is 9.30. The van der Waals surface area contributed by atoms with Gasteiger partial charge in [0.25, 0.3) is 0 Å². The van der Waals surface area contributed by atoms with Crippen LogP contribution in [0.2, 0.25) is 0 Å². The van der Waals surface area contributed by atoms with Gasteiger partial charge >= 0.3 is 0 Å². The van der Waals surface area contributed by atoms with Crippen LogP contribution in [-0.4, -0.2) is 26.5 Å². The standard InChI is InChI=1S/C14H21N5O.2ClH/c1-9(16-13(20)11(15)14(2,3)4)12-18-17-10-7-5-6-8-19(10)12;;/h5-9,11H,15H2,1-4H3,(H,16,20);2*1H/t9?,11-;;/m1../s1. The van der Waals surface area contributed by atoms with Gasteiger partial charge in [-0.1, -0.05) is 26.8 Å². The Balaban J connectivity index is 0.00000220. The van der Waals surface area contributed by atoms with Crippen LogP contribution < -0.4 is 11.1 Å². The zero-order valence-electron chi connectivity index (χ0n) is 13.1. The van der Waals surface area contributed by atoms with E-state index in [1.54, 1.807) is 0 Å². The Morgan fingerprint density at radius 2 is 1.91 bits per heavy atom. The summed E-state index contributed by atoms with van der Waals surface area (Å²) in [5, 5.41) is 11.1. The molecule has 22 heavy (non-hydrogen) atoms. The molecule has 1 unspecified atom stereocenters. The Morgan fingerprint density at radius 3 is 2.50 bits per heavy atom. The summed E-state index contributed by atoms with van der Waals surface area (Å²) in [7, 11) is 0. The lowest BCUT2D eigenvalue weighted by atomic mass is 9.87. The van der Waals surface area contributed by atoms with Gasteiger partial charge in [-0.05, 0) is 24.5 Å². The highest BCUT2D eigenvalue weighted by Crippen LogP contribution is 2.19. The van der Waals surface area contributed by atoms with Crippen LogP contribution in [0.3, 0.4) is 0 Å². The SMILES string of the molecule is CC(NC(=O)[C@@H](N)C(C)(C)C)c1nnc2ccccn12.Cl.Cl. The minimum absolute atomic E-state index is 0. The van der Waals surface area contributed by atoms with Gasteiger partial charge in [-0.2, -0.15) is 0 Å². The quantitative estimate of drug-likeness (QED) is 0.890. The highest BCUT2D eigenvalue weighted by atomic mass is 35.5. The van der Waals surface area contributed by atoms with E-state index in [4.69, 9.17) is 5.73 Å². The summed E-state index contributed by atoms with van der Waals surface area (Å²) in [5.41, 5.74) is 6.43. The van der Waals surface area contributed by atoms with Gasteiger partial charge in [0.15, 0.2) is 11.5 Å². The van der Waals surface area contributed by atoms with E-state index in [0.29, 0.717) is 5.82 Å². The summed E-state index contributed by atoms with van der Waals surface area (Å²) in [5.74, 6) is 0.507. The van der Waals surface area contributed by atoms with Crippen LogP contribution in [0.25, 0.3) is 5.65 Å². The van der Waals surface area contributed by atoms with E-state index in [1.165, 1.54) is 0 Å². The molecule has 2 atom stereocenters. The largest absolute Gasteiger partial charge is 0.345 e. The van der Waals surface area contributed by atoms with Gasteiger partial charge in [-0.15, -0.1) is 35.0 Å². The lowest BCUT2D eigenvalue weighted by Crippen LogP contribution is -2.49. The van der Waals surface area contributed by atoms with E-state index >= 15 is 0 Å². The number of hydrogen-bond donors (Lipinski definition) is 2. The lowest BCUT2D eigenvalue weighted by molar-refractivity contribution is -0.125. The highest BCUT2D eigenvalue weighted by molar-refractivity contribution is 5.85. The van der Waals surface area contributed by atoms with Crippen LogP contribution in [0, 0.1) is 5.41 Å². The first-order valence-electron chi connectivity index (χ1n) is 6.66. The van der Waals surface area contributed by atoms with Gasteiger partial charge in [-0.25, -0.2) is 0 Å². The number of hydrogen-bond acceptors (Lipinski definition) is 4. The zero-order chi connectivity index (χ0) is 14.9. The van der Waals surface area contributed by atoms with Gasteiger partial charge < -0.3 is 11.1 Å². The normalized spacial score (nSPS) is 13.7. The van der Waals surface area contributed by atoms with Gasteiger partial charge in [0.1, 0.15) is 0 Å². The second kappa shape index (κ2) is 7.76. The third kappa shape index (κ3) is 4.32. The summed E-state index contributed by atoms with van der Waals surface area (Å²) in [6, 6.07) is 4.84. The van der Waals surface area contributed by atoms with Crippen LogP contribution in [0.15, 0.2) is 24.4 Å². The Bertz CT molecular complexity index is 623. The van der Waals surface area contributed by atoms with Crippen molar-refractivity contribution in [3.05, 3.63) is 30.2 Å². The van der Waals surface area contributed by atoms with Crippen molar-refractivity contribution < 1.29 is 4.79 Å². The van der Waals surface area contributed by atoms with Crippen molar-refractivity contribution in [2.24, 2.45) is 11.1 Å². The first-order valence-corrected chi connectivity index (χ1v) is 6.66. The fourth-order valence-electron chi connectivity index (χ4n) is 1.92. The molecule has 0 bridgehead atoms. The van der Waals surface area contributed by atoms with Crippen molar-refractivity contribution in [1.29, 1.82) is 0 Å². The minimum Gasteiger partial charge on any atom is -0.345 e. The molecule has 0 aromatic carbocycles. The molecule has 1 amide bonds. The molecule has 0 aliphatic carbocycles. The molecule has 124 valence electrons. The number of pyridine rings is 1. The predicted octanol–water partition coefficient (Wildman–Crippen LogP) is 2.12. The molecular formula is C14H23Cl2N5O. The van der Waals surface area contributed by atoms with Crippen molar-refractivity contribution in [3.63, 3.8) is 0 Å². The molecule has 2 heterocycles. The Hall–Kier alpha value is -1.37. The molecule has 0 fully saturated rings. The summed E-state index contributed by atoms with van der Waals surface area (Å²) in [6.07, 6.45) is 1.87. The topological polar surface area (TPSA) is 85.3 Å². The van der Waals surface area contributed by atoms with Crippen molar-refractivity contribution in [2.45, 2.75) is 39.8 Å². The molecule has 2 aromatic heterocycles. The van der Waals surface area contributed by atoms with Crippen LogP contribution in [-0.2, 0) is 4.79 Å². The van der Waals surface area contributed by atoms with Gasteiger partial charge in [-0.3, -0.25) is 9.20 Å². The fraction of sp³-hybridized carbons (Fsp3) is 0.500. The van der Waals surface area contributed by atoms with Crippen LogP contribution in [0.5, 0.6) is 0 Å². The van der Waals surface area contributed by atoms with E-state index in [9.17, 15) is 4.79 Å². The second-order valence-corrected chi connectivity index (χ2v) is 6.06. The number of aromatic nitrogens is 3. The van der Waals surface area contributed by atoms with Crippen LogP contribution in [0.4, 0.5) is 0 Å². The average molecular weight is 348 g/mol. The number of carbonyl (C=O) groups is 1. The number of halogens is 2. The number of amides is 1. The predicted molar refractivity (Wildman–Crippen MR) is 91.5 cm³/mol. The molecule has 2 rings (SSSR count). The number of nitrogens with two attached hydrogens (primary N) is 1. The van der Waals surface area contributed by atoms with E-state index in [-0.39, 0.29) is 42.2 Å². The Kier molecular flexibility index (Phi) is 7.28. The minimum atomic E-state index is -0.566. The lowest BCUT2D eigenvalue weighted by Gasteiger charge is -2.27. The van der Waals surface area contributed by atoms with Crippen molar-refractivity contribution in [3.8, 4) is 0 Å². The van der Waals surface area contributed by atoms with Gasteiger partial charge in [0, 0.05) is 6.20 Å². The Morgan fingerprint density at radius 1 is 1.27 bits per heavy atom. The van der Waals surface area contributed by atoms with Gasteiger partial charge in [0.2, 0.25) is 5.91 Å². The van der Waals surface area contributed by atoms with Crippen molar-refractivity contribution >= 4 is 36.4 Å². The maximum atomic E-state index is 12.1. The van der Waals surface area contributed by atoms with Gasteiger partial charge in [0.05, 0.1) is 12.1 Å². The molecule has 3 N–H and O–H groups in total. The molecule has 0 spiro atoms. The summed E-state index contributed by atoms with van der Waals surface area (Å²) < 4.78 is 1.85. The smallest absolute Gasteiger partial charge is 0.238 e. The molecule has 0 aliphatic heterocycles. The molecule has 0 aliphatic rings. The van der Waals surface area contributed by atoms with E-state index in [1.807, 2.05) is 56.5 Å². The third-order valence-electron chi connectivity index (χ3n) is 3.30. The Labute approximate surface area is 142 Å². The summed E-state index contributed by atoms with van der Waals surface area (Å²) in [4.78, 5) is 12.1. The van der Waals surface area contributed by atoms with E-state index in [0.717, 1.165) is 5.65 Å². The van der Waals surface area contributed by atoms with Crippen molar-refractivity contribution in [2.75, 3.05) is 0 Å². The summed E-state index contributed by atoms with van der Waals surface area (Å²) in [6.45, 7) is 7.69. The number of fused-ring (bicyclic) bond motifs is 1. The third-order valence-corrected chi connectivity index (χ3v) is 3.30. The van der Waals surface area contributed by atoms with E-state index < -0.39 is 6.04 Å². The zero-order valence-corrected chi connectivity index (χ0v) is 14.7. The second-order valence-electron chi connectivity index (χ2n) is 6.06. The number of carbonyl (C=O) groups excluding carboxylic acids is 1. The molecule has 0 radical (unpaired) electrons. The first kappa shape index (κ1) is 20.6. The molecule has 6 nitrogen and oxygen atoms in total. The van der Waals surface area contributed by atoms with E-state index in [2.05, 4.69) is 15.5 Å². The average Bonchev–Trinajstić information content (AvgIpc) is 2.80. The number of rotatable bonds is 3. The molecule has 0 saturated heterocycles. The number of nitrogens with one attached hydrogen (secondary N) is 1. The summed E-state index contributed by atoms with van der Waals surface area (Å²) >= 11 is 0. The molecular weight excluding hydrogens is 325 g/mol. The van der Waals surface area contributed by atoms with Crippen LogP contribution >= 0.6 is 24.8 Å². The molecule has 8 heteroatoms. The van der Waals surface area contributed by atoms with Crippen LogP contribution in [0.1, 0.15) is 39.6 Å². The highest BCUT2D eigenvalue weighted by Gasteiger charge is 2.29. The molecule has 2 aromatic rings. The number of nitrogens with zero attached hydrogens (tertiary/aromatic N) is 3.